The second-order valence-corrected chi connectivity index (χ2v) is 7.86. The molecule has 0 aromatic heterocycles. The third-order valence-corrected chi connectivity index (χ3v) is 4.46. The lowest BCUT2D eigenvalue weighted by molar-refractivity contribution is -0.0756. The molecule has 1 aromatic rings. The zero-order valence-electron chi connectivity index (χ0n) is 17.1. The lowest BCUT2D eigenvalue weighted by atomic mass is 10.1. The number of aliphatic hydroxyl groups is 1. The SMILES string of the molecule is COC(O)CCNc1ccc(N2CCN(C(=O)OC(C)(C)C)CC2)c(C)c1. The van der Waals surface area contributed by atoms with Crippen LogP contribution in [0.3, 0.4) is 0 Å². The summed E-state index contributed by atoms with van der Waals surface area (Å²) in [6, 6.07) is 6.25. The summed E-state index contributed by atoms with van der Waals surface area (Å²) >= 11 is 0. The molecule has 7 nitrogen and oxygen atoms in total. The number of amides is 1. The van der Waals surface area contributed by atoms with Gasteiger partial charge in [-0.25, -0.2) is 4.79 Å². The smallest absolute Gasteiger partial charge is 0.410 e. The summed E-state index contributed by atoms with van der Waals surface area (Å²) in [5.41, 5.74) is 2.92. The topological polar surface area (TPSA) is 74.3 Å². The molecule has 0 aliphatic carbocycles. The molecule has 1 unspecified atom stereocenters. The molecule has 2 rings (SSSR count). The number of anilines is 2. The predicted octanol–water partition coefficient (Wildman–Crippen LogP) is 2.82. The van der Waals surface area contributed by atoms with Crippen molar-refractivity contribution in [1.82, 2.24) is 4.90 Å². The van der Waals surface area contributed by atoms with Crippen LogP contribution in [0.4, 0.5) is 16.2 Å². The van der Waals surface area contributed by atoms with Crippen molar-refractivity contribution in [3.63, 3.8) is 0 Å². The van der Waals surface area contributed by atoms with E-state index in [1.807, 2.05) is 26.8 Å². The van der Waals surface area contributed by atoms with E-state index in [0.29, 0.717) is 26.1 Å². The van der Waals surface area contributed by atoms with Crippen LogP contribution in [0.1, 0.15) is 32.8 Å². The van der Waals surface area contributed by atoms with Gasteiger partial charge in [0.25, 0.3) is 0 Å². The van der Waals surface area contributed by atoms with E-state index in [-0.39, 0.29) is 6.09 Å². The van der Waals surface area contributed by atoms with Crippen molar-refractivity contribution in [1.29, 1.82) is 0 Å². The van der Waals surface area contributed by atoms with E-state index < -0.39 is 11.9 Å². The number of ether oxygens (including phenoxy) is 2. The number of nitrogens with one attached hydrogen (secondary N) is 1. The van der Waals surface area contributed by atoms with Gasteiger partial charge in [0.05, 0.1) is 0 Å². The summed E-state index contributed by atoms with van der Waals surface area (Å²) in [4.78, 5) is 16.3. The minimum atomic E-state index is -0.737. The molecule has 1 heterocycles. The minimum Gasteiger partial charge on any atom is -0.444 e. The first-order valence-corrected chi connectivity index (χ1v) is 9.48. The van der Waals surface area contributed by atoms with Crippen LogP contribution in [0.25, 0.3) is 0 Å². The van der Waals surface area contributed by atoms with Crippen molar-refractivity contribution >= 4 is 17.5 Å². The fraction of sp³-hybridized carbons (Fsp3) is 0.650. The summed E-state index contributed by atoms with van der Waals surface area (Å²) in [5, 5.41) is 12.7. The van der Waals surface area contributed by atoms with E-state index in [0.717, 1.165) is 18.8 Å². The monoisotopic (exact) mass is 379 g/mol. The Hall–Kier alpha value is -1.99. The Labute approximate surface area is 162 Å². The average molecular weight is 380 g/mol. The number of hydrogen-bond donors (Lipinski definition) is 2. The first-order chi connectivity index (χ1) is 12.7. The molecule has 1 aliphatic rings. The Kier molecular flexibility index (Phi) is 7.33. The Bertz CT molecular complexity index is 622. The highest BCUT2D eigenvalue weighted by Crippen LogP contribution is 2.25. The maximum atomic E-state index is 12.2. The minimum absolute atomic E-state index is 0.239. The van der Waals surface area contributed by atoms with Crippen molar-refractivity contribution in [2.75, 3.05) is 50.1 Å². The molecule has 1 aromatic carbocycles. The highest BCUT2D eigenvalue weighted by molar-refractivity contribution is 5.69. The molecular formula is C20H33N3O4. The highest BCUT2D eigenvalue weighted by atomic mass is 16.6. The van der Waals surface area contributed by atoms with Crippen LogP contribution in [0.2, 0.25) is 0 Å². The van der Waals surface area contributed by atoms with Crippen LogP contribution in [-0.2, 0) is 9.47 Å². The van der Waals surface area contributed by atoms with Crippen molar-refractivity contribution in [3.05, 3.63) is 23.8 Å². The average Bonchev–Trinajstić information content (AvgIpc) is 2.60. The number of aliphatic hydroxyl groups excluding tert-OH is 1. The van der Waals surface area contributed by atoms with Crippen molar-refractivity contribution < 1.29 is 19.4 Å². The lowest BCUT2D eigenvalue weighted by Crippen LogP contribution is -2.50. The molecule has 0 bridgehead atoms. The van der Waals surface area contributed by atoms with Crippen LogP contribution in [-0.4, -0.2) is 67.8 Å². The molecule has 27 heavy (non-hydrogen) atoms. The van der Waals surface area contributed by atoms with E-state index in [2.05, 4.69) is 29.3 Å². The van der Waals surface area contributed by atoms with Crippen LogP contribution >= 0.6 is 0 Å². The van der Waals surface area contributed by atoms with Gasteiger partial charge in [-0.1, -0.05) is 0 Å². The molecule has 2 N–H and O–H groups in total. The third-order valence-electron chi connectivity index (χ3n) is 4.46. The zero-order chi connectivity index (χ0) is 20.0. The fourth-order valence-electron chi connectivity index (χ4n) is 3.03. The zero-order valence-corrected chi connectivity index (χ0v) is 17.1. The van der Waals surface area contributed by atoms with Crippen LogP contribution in [0.15, 0.2) is 18.2 Å². The predicted molar refractivity (Wildman–Crippen MR) is 107 cm³/mol. The van der Waals surface area contributed by atoms with Gasteiger partial charge in [0, 0.05) is 57.6 Å². The van der Waals surface area contributed by atoms with Gasteiger partial charge >= 0.3 is 6.09 Å². The molecule has 1 atom stereocenters. The van der Waals surface area contributed by atoms with Crippen LogP contribution in [0.5, 0.6) is 0 Å². The van der Waals surface area contributed by atoms with E-state index in [9.17, 15) is 9.90 Å². The van der Waals surface area contributed by atoms with E-state index in [1.54, 1.807) is 4.90 Å². The molecule has 0 saturated carbocycles. The standard InChI is InChI=1S/C20H33N3O4/c1-15-14-16(21-9-8-18(24)26-5)6-7-17(15)22-10-12-23(13-11-22)19(25)27-20(2,3)4/h6-7,14,18,21,24H,8-13H2,1-5H3. The summed E-state index contributed by atoms with van der Waals surface area (Å²) in [6.07, 6.45) is -0.444. The number of nitrogens with zero attached hydrogens (tertiary/aromatic N) is 2. The molecule has 1 aliphatic heterocycles. The van der Waals surface area contributed by atoms with Gasteiger partial charge in [-0.2, -0.15) is 0 Å². The number of carbonyl (C=O) groups excluding carboxylic acids is 1. The quantitative estimate of drug-likeness (QED) is 0.741. The maximum Gasteiger partial charge on any atom is 0.410 e. The Balaban J connectivity index is 1.88. The fourth-order valence-corrected chi connectivity index (χ4v) is 3.03. The maximum absolute atomic E-state index is 12.2. The molecule has 1 amide bonds. The molecule has 1 fully saturated rings. The van der Waals surface area contributed by atoms with Gasteiger partial charge in [-0.05, 0) is 51.5 Å². The first kappa shape index (κ1) is 21.3. The molecule has 0 radical (unpaired) electrons. The number of rotatable bonds is 6. The molecule has 1 saturated heterocycles. The Morgan fingerprint density at radius 3 is 2.48 bits per heavy atom. The van der Waals surface area contributed by atoms with Gasteiger partial charge < -0.3 is 29.7 Å². The van der Waals surface area contributed by atoms with E-state index >= 15 is 0 Å². The number of hydrogen-bond acceptors (Lipinski definition) is 6. The van der Waals surface area contributed by atoms with Crippen molar-refractivity contribution in [2.45, 2.75) is 46.0 Å². The summed E-state index contributed by atoms with van der Waals surface area (Å²) in [7, 11) is 1.49. The van der Waals surface area contributed by atoms with Gasteiger partial charge in [0.15, 0.2) is 6.29 Å². The third kappa shape index (κ3) is 6.59. The van der Waals surface area contributed by atoms with E-state index in [1.165, 1.54) is 18.4 Å². The molecule has 7 heteroatoms. The molecule has 152 valence electrons. The van der Waals surface area contributed by atoms with Gasteiger partial charge in [0.2, 0.25) is 0 Å². The van der Waals surface area contributed by atoms with Crippen molar-refractivity contribution in [3.8, 4) is 0 Å². The van der Waals surface area contributed by atoms with Crippen LogP contribution in [0, 0.1) is 6.92 Å². The normalized spacial score (nSPS) is 16.2. The number of methoxy groups -OCH3 is 1. The summed E-state index contributed by atoms with van der Waals surface area (Å²) in [6.45, 7) is 11.3. The Morgan fingerprint density at radius 2 is 1.93 bits per heavy atom. The van der Waals surface area contributed by atoms with Gasteiger partial charge in [0.1, 0.15) is 5.60 Å². The molecular weight excluding hydrogens is 346 g/mol. The number of aryl methyl sites for hydroxylation is 1. The van der Waals surface area contributed by atoms with Crippen LogP contribution < -0.4 is 10.2 Å². The molecule has 0 spiro atoms. The van der Waals surface area contributed by atoms with Crippen molar-refractivity contribution in [2.24, 2.45) is 0 Å². The summed E-state index contributed by atoms with van der Waals surface area (Å²) < 4.78 is 10.3. The number of benzene rings is 1. The lowest BCUT2D eigenvalue weighted by Gasteiger charge is -2.37. The largest absolute Gasteiger partial charge is 0.444 e. The number of piperazine rings is 1. The first-order valence-electron chi connectivity index (χ1n) is 9.48. The highest BCUT2D eigenvalue weighted by Gasteiger charge is 2.26. The Morgan fingerprint density at radius 1 is 1.26 bits per heavy atom. The number of carbonyl (C=O) groups is 1. The van der Waals surface area contributed by atoms with Gasteiger partial charge in [-0.3, -0.25) is 0 Å². The second kappa shape index (κ2) is 9.28. The summed E-state index contributed by atoms with van der Waals surface area (Å²) in [5.74, 6) is 0. The second-order valence-electron chi connectivity index (χ2n) is 7.86. The van der Waals surface area contributed by atoms with E-state index in [4.69, 9.17) is 9.47 Å². The van der Waals surface area contributed by atoms with Gasteiger partial charge in [-0.15, -0.1) is 0 Å².